The van der Waals surface area contributed by atoms with Gasteiger partial charge in [-0.05, 0) is 56.8 Å². The van der Waals surface area contributed by atoms with Crippen molar-refractivity contribution in [2.75, 3.05) is 13.2 Å². The molecule has 0 radical (unpaired) electrons. The van der Waals surface area contributed by atoms with Crippen molar-refractivity contribution in [3.8, 4) is 0 Å². The quantitative estimate of drug-likeness (QED) is 0.693. The maximum absolute atomic E-state index is 13.4. The molecule has 21 heavy (non-hydrogen) atoms. The molecule has 1 aromatic rings. The topological polar surface area (TPSA) is 21.3 Å². The van der Waals surface area contributed by atoms with Gasteiger partial charge < -0.3 is 10.1 Å². The second kappa shape index (κ2) is 9.16. The fourth-order valence-electron chi connectivity index (χ4n) is 3.00. The third kappa shape index (κ3) is 5.08. The van der Waals surface area contributed by atoms with Crippen LogP contribution in [0.5, 0.6) is 0 Å². The van der Waals surface area contributed by atoms with Crippen LogP contribution in [0.1, 0.15) is 52.5 Å². The molecule has 0 heterocycles. The van der Waals surface area contributed by atoms with Crippen LogP contribution in [0.2, 0.25) is 0 Å². The fraction of sp³-hybridized carbons (Fsp3) is 0.667. The number of benzene rings is 1. The molecule has 3 heteroatoms. The van der Waals surface area contributed by atoms with Crippen LogP contribution in [0.3, 0.4) is 0 Å². The molecule has 1 rings (SSSR count). The lowest BCUT2D eigenvalue weighted by atomic mass is 9.84. The van der Waals surface area contributed by atoms with Crippen LogP contribution in [0.25, 0.3) is 0 Å². The van der Waals surface area contributed by atoms with Crippen molar-refractivity contribution in [1.82, 2.24) is 5.32 Å². The Morgan fingerprint density at radius 1 is 1.19 bits per heavy atom. The number of nitrogens with one attached hydrogen (secondary N) is 1. The van der Waals surface area contributed by atoms with Crippen molar-refractivity contribution in [3.05, 3.63) is 35.6 Å². The summed E-state index contributed by atoms with van der Waals surface area (Å²) >= 11 is 0. The first-order chi connectivity index (χ1) is 10.1. The van der Waals surface area contributed by atoms with Gasteiger partial charge >= 0.3 is 0 Å². The molecule has 0 aliphatic carbocycles. The van der Waals surface area contributed by atoms with Crippen LogP contribution < -0.4 is 5.32 Å². The first kappa shape index (κ1) is 18.1. The van der Waals surface area contributed by atoms with Crippen molar-refractivity contribution in [2.24, 2.45) is 0 Å². The highest BCUT2D eigenvalue weighted by atomic mass is 19.1. The normalized spacial score (nSPS) is 13.4. The second-order valence-corrected chi connectivity index (χ2v) is 5.55. The monoisotopic (exact) mass is 295 g/mol. The van der Waals surface area contributed by atoms with E-state index in [1.54, 1.807) is 12.1 Å². The Morgan fingerprint density at radius 2 is 1.90 bits per heavy atom. The predicted molar refractivity (Wildman–Crippen MR) is 87.1 cm³/mol. The standard InChI is InChI=1S/C18H30FNO/c1-5-12-20-17(18(6-2,7-3)21-8-4)14-15-10-9-11-16(19)13-15/h9-11,13,17,20H,5-8,12,14H2,1-4H3. The summed E-state index contributed by atoms with van der Waals surface area (Å²) in [6.07, 6.45) is 3.77. The summed E-state index contributed by atoms with van der Waals surface area (Å²) in [5, 5.41) is 3.62. The summed E-state index contributed by atoms with van der Waals surface area (Å²) in [4.78, 5) is 0. The molecule has 1 atom stereocenters. The summed E-state index contributed by atoms with van der Waals surface area (Å²) in [5.41, 5.74) is 0.838. The SMILES string of the molecule is CCCNC(Cc1cccc(F)c1)C(CC)(CC)OCC. The molecule has 120 valence electrons. The zero-order valence-corrected chi connectivity index (χ0v) is 13.9. The minimum atomic E-state index is -0.184. The minimum absolute atomic E-state index is 0.170. The Bertz CT molecular complexity index is 404. The van der Waals surface area contributed by atoms with Gasteiger partial charge in [0.1, 0.15) is 5.82 Å². The minimum Gasteiger partial charge on any atom is -0.374 e. The molecular formula is C18H30FNO. The highest BCUT2D eigenvalue weighted by molar-refractivity contribution is 5.18. The predicted octanol–water partition coefficient (Wildman–Crippen LogP) is 4.33. The zero-order valence-electron chi connectivity index (χ0n) is 13.9. The van der Waals surface area contributed by atoms with Crippen LogP contribution in [0.15, 0.2) is 24.3 Å². The Morgan fingerprint density at radius 3 is 2.43 bits per heavy atom. The number of hydrogen-bond donors (Lipinski definition) is 1. The zero-order chi connectivity index (χ0) is 15.7. The van der Waals surface area contributed by atoms with Crippen molar-refractivity contribution >= 4 is 0 Å². The van der Waals surface area contributed by atoms with Crippen molar-refractivity contribution in [3.63, 3.8) is 0 Å². The van der Waals surface area contributed by atoms with Gasteiger partial charge in [-0.25, -0.2) is 4.39 Å². The first-order valence-electron chi connectivity index (χ1n) is 8.23. The van der Waals surface area contributed by atoms with Gasteiger partial charge in [0.2, 0.25) is 0 Å². The van der Waals surface area contributed by atoms with Crippen LogP contribution in [-0.4, -0.2) is 24.8 Å². The van der Waals surface area contributed by atoms with Gasteiger partial charge in [0.15, 0.2) is 0 Å². The van der Waals surface area contributed by atoms with Crippen molar-refractivity contribution in [1.29, 1.82) is 0 Å². The molecule has 0 bridgehead atoms. The molecule has 0 spiro atoms. The Hall–Kier alpha value is -0.930. The van der Waals surface area contributed by atoms with Gasteiger partial charge in [0, 0.05) is 12.6 Å². The number of rotatable bonds is 10. The van der Waals surface area contributed by atoms with Gasteiger partial charge in [-0.2, -0.15) is 0 Å². The van der Waals surface area contributed by atoms with E-state index in [0.29, 0.717) is 6.61 Å². The molecular weight excluding hydrogens is 265 g/mol. The summed E-state index contributed by atoms with van der Waals surface area (Å²) in [7, 11) is 0. The molecule has 0 saturated heterocycles. The first-order valence-corrected chi connectivity index (χ1v) is 8.23. The third-order valence-corrected chi connectivity index (χ3v) is 4.23. The average Bonchev–Trinajstić information content (AvgIpc) is 2.49. The van der Waals surface area contributed by atoms with Gasteiger partial charge in [0.25, 0.3) is 0 Å². The summed E-state index contributed by atoms with van der Waals surface area (Å²) in [6, 6.07) is 7.10. The molecule has 1 N–H and O–H groups in total. The largest absolute Gasteiger partial charge is 0.374 e. The van der Waals surface area contributed by atoms with E-state index in [1.165, 1.54) is 6.07 Å². The maximum Gasteiger partial charge on any atom is 0.123 e. The lowest BCUT2D eigenvalue weighted by Gasteiger charge is -2.40. The average molecular weight is 295 g/mol. The smallest absolute Gasteiger partial charge is 0.123 e. The van der Waals surface area contributed by atoms with Crippen LogP contribution in [0, 0.1) is 5.82 Å². The fourth-order valence-corrected chi connectivity index (χ4v) is 3.00. The number of halogens is 1. The Labute approximate surface area is 129 Å². The molecule has 0 fully saturated rings. The summed E-state index contributed by atoms with van der Waals surface area (Å²) in [5.74, 6) is -0.170. The lowest BCUT2D eigenvalue weighted by molar-refractivity contribution is -0.0718. The second-order valence-electron chi connectivity index (χ2n) is 5.55. The molecule has 0 amide bonds. The number of ether oxygens (including phenoxy) is 1. The van der Waals surface area contributed by atoms with E-state index in [1.807, 2.05) is 13.0 Å². The molecule has 0 saturated carbocycles. The molecule has 2 nitrogen and oxygen atoms in total. The molecule has 1 unspecified atom stereocenters. The van der Waals surface area contributed by atoms with E-state index in [0.717, 1.165) is 37.8 Å². The maximum atomic E-state index is 13.4. The van der Waals surface area contributed by atoms with Crippen LogP contribution >= 0.6 is 0 Å². The van der Waals surface area contributed by atoms with E-state index in [4.69, 9.17) is 4.74 Å². The van der Waals surface area contributed by atoms with Crippen LogP contribution in [0.4, 0.5) is 4.39 Å². The van der Waals surface area contributed by atoms with Crippen molar-refractivity contribution < 1.29 is 9.13 Å². The van der Waals surface area contributed by atoms with Crippen molar-refractivity contribution in [2.45, 2.75) is 65.0 Å². The number of hydrogen-bond acceptors (Lipinski definition) is 2. The molecule has 0 aromatic heterocycles. The summed E-state index contributed by atoms with van der Waals surface area (Å²) < 4.78 is 19.6. The van der Waals surface area contributed by atoms with Gasteiger partial charge in [-0.15, -0.1) is 0 Å². The Kier molecular flexibility index (Phi) is 7.91. The van der Waals surface area contributed by atoms with Gasteiger partial charge in [-0.3, -0.25) is 0 Å². The van der Waals surface area contributed by atoms with E-state index < -0.39 is 0 Å². The lowest BCUT2D eigenvalue weighted by Crippen LogP contribution is -2.53. The van der Waals surface area contributed by atoms with Gasteiger partial charge in [0.05, 0.1) is 5.60 Å². The van der Waals surface area contributed by atoms with E-state index >= 15 is 0 Å². The Balaban J connectivity index is 2.96. The van der Waals surface area contributed by atoms with E-state index in [2.05, 4.69) is 26.1 Å². The van der Waals surface area contributed by atoms with E-state index in [9.17, 15) is 4.39 Å². The molecule has 1 aromatic carbocycles. The highest BCUT2D eigenvalue weighted by Gasteiger charge is 2.36. The third-order valence-electron chi connectivity index (χ3n) is 4.23. The summed E-state index contributed by atoms with van der Waals surface area (Å²) in [6.45, 7) is 10.2. The van der Waals surface area contributed by atoms with Crippen LogP contribution in [-0.2, 0) is 11.2 Å². The highest BCUT2D eigenvalue weighted by Crippen LogP contribution is 2.27. The molecule has 0 aliphatic heterocycles. The molecule has 0 aliphatic rings. The van der Waals surface area contributed by atoms with Gasteiger partial charge in [-0.1, -0.05) is 32.9 Å². The van der Waals surface area contributed by atoms with E-state index in [-0.39, 0.29) is 17.5 Å².